The fourth-order valence-electron chi connectivity index (χ4n) is 1.50. The lowest BCUT2D eigenvalue weighted by atomic mass is 10.1. The number of amidine groups is 1. The van der Waals surface area contributed by atoms with Crippen LogP contribution in [0.5, 0.6) is 5.75 Å². The maximum absolute atomic E-state index is 8.61. The van der Waals surface area contributed by atoms with E-state index >= 15 is 0 Å². The van der Waals surface area contributed by atoms with Gasteiger partial charge in [0.2, 0.25) is 0 Å². The molecule has 0 aromatic heterocycles. The van der Waals surface area contributed by atoms with Crippen LogP contribution in [0.15, 0.2) is 23.4 Å². The number of nitrogens with two attached hydrogens (primary N) is 1. The summed E-state index contributed by atoms with van der Waals surface area (Å²) in [4.78, 5) is 0. The third-order valence-electron chi connectivity index (χ3n) is 2.42. The van der Waals surface area contributed by atoms with E-state index in [2.05, 4.69) is 5.16 Å². The van der Waals surface area contributed by atoms with Crippen molar-refractivity contribution in [2.75, 3.05) is 0 Å². The van der Waals surface area contributed by atoms with E-state index in [1.54, 1.807) is 0 Å². The number of ether oxygens (including phenoxy) is 1. The molecule has 0 aliphatic rings. The van der Waals surface area contributed by atoms with Crippen molar-refractivity contribution in [3.63, 3.8) is 0 Å². The summed E-state index contributed by atoms with van der Waals surface area (Å²) in [5.74, 6) is 0.867. The van der Waals surface area contributed by atoms with E-state index in [0.717, 1.165) is 11.3 Å². The highest BCUT2D eigenvalue weighted by Gasteiger charge is 2.14. The van der Waals surface area contributed by atoms with Crippen LogP contribution in [-0.4, -0.2) is 17.1 Å². The SMILES string of the molecule is CCC(Oc1ccc(C)cc1C)C(N)=NO. The molecule has 0 amide bonds. The summed E-state index contributed by atoms with van der Waals surface area (Å²) in [6, 6.07) is 5.91. The molecule has 0 fully saturated rings. The highest BCUT2D eigenvalue weighted by atomic mass is 16.5. The summed E-state index contributed by atoms with van der Waals surface area (Å²) in [6.07, 6.45) is 0.273. The molecule has 1 aromatic carbocycles. The minimum atomic E-state index is -0.383. The number of nitrogens with zero attached hydrogens (tertiary/aromatic N) is 1. The van der Waals surface area contributed by atoms with Gasteiger partial charge >= 0.3 is 0 Å². The Morgan fingerprint density at radius 1 is 1.50 bits per heavy atom. The first kappa shape index (κ1) is 12.4. The Kier molecular flexibility index (Phi) is 4.17. The number of oxime groups is 1. The van der Waals surface area contributed by atoms with E-state index in [9.17, 15) is 0 Å². The predicted molar refractivity (Wildman–Crippen MR) is 64.0 cm³/mol. The molecular formula is C12H18N2O2. The molecule has 0 saturated heterocycles. The van der Waals surface area contributed by atoms with Gasteiger partial charge in [-0.25, -0.2) is 0 Å². The van der Waals surface area contributed by atoms with Crippen molar-refractivity contribution in [3.8, 4) is 5.75 Å². The van der Waals surface area contributed by atoms with E-state index in [4.69, 9.17) is 15.7 Å². The molecule has 1 unspecified atom stereocenters. The van der Waals surface area contributed by atoms with Gasteiger partial charge in [0, 0.05) is 0 Å². The summed E-state index contributed by atoms with van der Waals surface area (Å²) >= 11 is 0. The summed E-state index contributed by atoms with van der Waals surface area (Å²) in [5.41, 5.74) is 7.76. The zero-order valence-corrected chi connectivity index (χ0v) is 9.90. The van der Waals surface area contributed by atoms with Crippen LogP contribution in [0.25, 0.3) is 0 Å². The van der Waals surface area contributed by atoms with Crippen LogP contribution >= 0.6 is 0 Å². The Morgan fingerprint density at radius 3 is 2.69 bits per heavy atom. The van der Waals surface area contributed by atoms with Crippen LogP contribution < -0.4 is 10.5 Å². The molecule has 0 bridgehead atoms. The summed E-state index contributed by atoms with van der Waals surface area (Å²) in [6.45, 7) is 5.92. The summed E-state index contributed by atoms with van der Waals surface area (Å²) < 4.78 is 5.69. The van der Waals surface area contributed by atoms with Gasteiger partial charge in [0.1, 0.15) is 5.75 Å². The lowest BCUT2D eigenvalue weighted by Gasteiger charge is -2.17. The largest absolute Gasteiger partial charge is 0.482 e. The van der Waals surface area contributed by atoms with Crippen molar-refractivity contribution in [1.82, 2.24) is 0 Å². The molecule has 3 N–H and O–H groups in total. The van der Waals surface area contributed by atoms with Crippen LogP contribution in [0.1, 0.15) is 24.5 Å². The van der Waals surface area contributed by atoms with Gasteiger partial charge in [0.25, 0.3) is 0 Å². The van der Waals surface area contributed by atoms with Gasteiger partial charge in [0.15, 0.2) is 11.9 Å². The minimum Gasteiger partial charge on any atom is -0.482 e. The summed E-state index contributed by atoms with van der Waals surface area (Å²) in [5, 5.41) is 11.6. The van der Waals surface area contributed by atoms with Crippen LogP contribution in [0.4, 0.5) is 0 Å². The minimum absolute atomic E-state index is 0.0995. The molecule has 1 aromatic rings. The molecule has 0 aliphatic heterocycles. The standard InChI is InChI=1S/C12H18N2O2/c1-4-10(12(13)14-15)16-11-6-5-8(2)7-9(11)3/h5-7,10,15H,4H2,1-3H3,(H2,13,14). The molecule has 1 rings (SSSR count). The second-order valence-corrected chi connectivity index (χ2v) is 3.81. The smallest absolute Gasteiger partial charge is 0.180 e. The Morgan fingerprint density at radius 2 is 2.19 bits per heavy atom. The van der Waals surface area contributed by atoms with E-state index in [-0.39, 0.29) is 11.9 Å². The van der Waals surface area contributed by atoms with E-state index < -0.39 is 0 Å². The molecule has 0 spiro atoms. The molecule has 0 aliphatic carbocycles. The second kappa shape index (κ2) is 5.39. The quantitative estimate of drug-likeness (QED) is 0.355. The number of hydrogen-bond donors (Lipinski definition) is 2. The lowest BCUT2D eigenvalue weighted by molar-refractivity contribution is 0.245. The lowest BCUT2D eigenvalue weighted by Crippen LogP contribution is -2.33. The number of benzene rings is 1. The maximum Gasteiger partial charge on any atom is 0.180 e. The van der Waals surface area contributed by atoms with Crippen LogP contribution in [-0.2, 0) is 0 Å². The predicted octanol–water partition coefficient (Wildman–Crippen LogP) is 2.21. The fourth-order valence-corrected chi connectivity index (χ4v) is 1.50. The first-order valence-electron chi connectivity index (χ1n) is 5.29. The fraction of sp³-hybridized carbons (Fsp3) is 0.417. The Hall–Kier alpha value is -1.71. The Balaban J connectivity index is 2.86. The number of aryl methyl sites for hydroxylation is 2. The van der Waals surface area contributed by atoms with Gasteiger partial charge in [-0.1, -0.05) is 29.8 Å². The molecule has 1 atom stereocenters. The average molecular weight is 222 g/mol. The van der Waals surface area contributed by atoms with Gasteiger partial charge < -0.3 is 15.7 Å². The van der Waals surface area contributed by atoms with Crippen molar-refractivity contribution in [2.45, 2.75) is 33.3 Å². The molecule has 0 radical (unpaired) electrons. The van der Waals surface area contributed by atoms with Gasteiger partial charge in [-0.2, -0.15) is 0 Å². The van der Waals surface area contributed by atoms with Crippen LogP contribution in [0.2, 0.25) is 0 Å². The normalized spacial score (nSPS) is 13.6. The van der Waals surface area contributed by atoms with Crippen molar-refractivity contribution < 1.29 is 9.94 Å². The highest BCUT2D eigenvalue weighted by molar-refractivity contribution is 5.84. The first-order valence-corrected chi connectivity index (χ1v) is 5.29. The third-order valence-corrected chi connectivity index (χ3v) is 2.42. The molecule has 4 nitrogen and oxygen atoms in total. The van der Waals surface area contributed by atoms with Crippen molar-refractivity contribution >= 4 is 5.84 Å². The van der Waals surface area contributed by atoms with Gasteiger partial charge in [0.05, 0.1) is 0 Å². The molecular weight excluding hydrogens is 204 g/mol. The van der Waals surface area contributed by atoms with Crippen molar-refractivity contribution in [1.29, 1.82) is 0 Å². The second-order valence-electron chi connectivity index (χ2n) is 3.81. The highest BCUT2D eigenvalue weighted by Crippen LogP contribution is 2.20. The monoisotopic (exact) mass is 222 g/mol. The van der Waals surface area contributed by atoms with E-state index in [1.165, 1.54) is 5.56 Å². The Labute approximate surface area is 95.7 Å². The summed E-state index contributed by atoms with van der Waals surface area (Å²) in [7, 11) is 0. The van der Waals surface area contributed by atoms with Gasteiger partial charge in [-0.3, -0.25) is 0 Å². The van der Waals surface area contributed by atoms with Gasteiger partial charge in [-0.15, -0.1) is 0 Å². The topological polar surface area (TPSA) is 67.8 Å². The number of rotatable bonds is 4. The molecule has 0 saturated carbocycles. The maximum atomic E-state index is 8.61. The molecule has 4 heteroatoms. The first-order chi connectivity index (χ1) is 7.58. The van der Waals surface area contributed by atoms with Gasteiger partial charge in [-0.05, 0) is 31.9 Å². The average Bonchev–Trinajstić information content (AvgIpc) is 2.27. The zero-order chi connectivity index (χ0) is 12.1. The molecule has 0 heterocycles. The van der Waals surface area contributed by atoms with Crippen LogP contribution in [0.3, 0.4) is 0 Å². The zero-order valence-electron chi connectivity index (χ0n) is 9.90. The molecule has 88 valence electrons. The van der Waals surface area contributed by atoms with Crippen LogP contribution in [0, 0.1) is 13.8 Å². The van der Waals surface area contributed by atoms with E-state index in [1.807, 2.05) is 39.0 Å². The third kappa shape index (κ3) is 2.89. The van der Waals surface area contributed by atoms with E-state index in [0.29, 0.717) is 6.42 Å². The van der Waals surface area contributed by atoms with Crippen molar-refractivity contribution in [2.24, 2.45) is 10.9 Å². The van der Waals surface area contributed by atoms with Crippen molar-refractivity contribution in [3.05, 3.63) is 29.3 Å². The Bertz CT molecular complexity index is 389. The molecule has 16 heavy (non-hydrogen) atoms. The number of hydrogen-bond acceptors (Lipinski definition) is 3.